The molecule has 0 unspecified atom stereocenters. The molecule has 3 heterocycles. The number of ether oxygens (including phenoxy) is 2. The molecule has 3 aromatic rings. The predicted octanol–water partition coefficient (Wildman–Crippen LogP) is 3.93. The van der Waals surface area contributed by atoms with Crippen molar-refractivity contribution in [3.05, 3.63) is 76.7 Å². The van der Waals surface area contributed by atoms with Gasteiger partial charge >= 0.3 is 0 Å². The van der Waals surface area contributed by atoms with Crippen molar-refractivity contribution < 1.29 is 22.9 Å². The van der Waals surface area contributed by atoms with Crippen LogP contribution in [0.2, 0.25) is 5.02 Å². The molecule has 9 heteroatoms. The minimum Gasteiger partial charge on any atom is -0.455 e. The van der Waals surface area contributed by atoms with Crippen molar-refractivity contribution in [2.45, 2.75) is 17.2 Å². The Morgan fingerprint density at radius 3 is 2.61 bits per heavy atom. The first-order chi connectivity index (χ1) is 16.0. The third-order valence-corrected chi connectivity index (χ3v) is 7.27. The number of piperazine rings is 1. The van der Waals surface area contributed by atoms with Gasteiger partial charge in [0.1, 0.15) is 5.76 Å². The summed E-state index contributed by atoms with van der Waals surface area (Å²) in [6, 6.07) is 16.3. The Balaban J connectivity index is 1.14. The first-order valence-electron chi connectivity index (χ1n) is 10.7. The van der Waals surface area contributed by atoms with Gasteiger partial charge in [-0.05, 0) is 48.0 Å². The number of furan rings is 1. The molecule has 0 saturated carbocycles. The highest BCUT2D eigenvalue weighted by Crippen LogP contribution is 2.33. The highest BCUT2D eigenvalue weighted by molar-refractivity contribution is 7.84. The number of hydrogen-bond donors (Lipinski definition) is 0. The fourth-order valence-electron chi connectivity index (χ4n) is 3.95. The summed E-state index contributed by atoms with van der Waals surface area (Å²) in [5.74, 6) is 2.40. The molecule has 0 radical (unpaired) electrons. The SMILES string of the molecule is O=C(c1ccc(C[S@](=O)c2cccc(Cl)c2)o1)N1CCN(Cc2ccc3c(c2)OCO3)CC1. The maximum Gasteiger partial charge on any atom is 0.289 e. The lowest BCUT2D eigenvalue weighted by Gasteiger charge is -2.34. The second kappa shape index (κ2) is 9.59. The third kappa shape index (κ3) is 5.08. The number of halogens is 1. The molecule has 1 aromatic heterocycles. The van der Waals surface area contributed by atoms with E-state index in [4.69, 9.17) is 25.5 Å². The van der Waals surface area contributed by atoms with E-state index in [9.17, 15) is 9.00 Å². The number of amides is 1. The lowest BCUT2D eigenvalue weighted by molar-refractivity contribution is 0.0596. The summed E-state index contributed by atoms with van der Waals surface area (Å²) in [6.45, 7) is 3.84. The highest BCUT2D eigenvalue weighted by atomic mass is 35.5. The van der Waals surface area contributed by atoms with Gasteiger partial charge in [0.2, 0.25) is 6.79 Å². The molecule has 1 fully saturated rings. The molecule has 33 heavy (non-hydrogen) atoms. The van der Waals surface area contributed by atoms with Crippen molar-refractivity contribution in [3.63, 3.8) is 0 Å². The van der Waals surface area contributed by atoms with E-state index in [1.54, 1.807) is 41.3 Å². The molecule has 5 rings (SSSR count). The van der Waals surface area contributed by atoms with Gasteiger partial charge < -0.3 is 18.8 Å². The van der Waals surface area contributed by atoms with Gasteiger partial charge in [-0.25, -0.2) is 0 Å². The first kappa shape index (κ1) is 22.0. The minimum atomic E-state index is -1.30. The molecule has 1 atom stereocenters. The van der Waals surface area contributed by atoms with Gasteiger partial charge in [-0.1, -0.05) is 23.7 Å². The normalized spacial score (nSPS) is 16.7. The van der Waals surface area contributed by atoms with Crippen molar-refractivity contribution in [2.75, 3.05) is 33.0 Å². The van der Waals surface area contributed by atoms with Crippen LogP contribution < -0.4 is 9.47 Å². The van der Waals surface area contributed by atoms with Gasteiger partial charge in [-0.3, -0.25) is 13.9 Å². The lowest BCUT2D eigenvalue weighted by atomic mass is 10.1. The Hall–Kier alpha value is -2.81. The zero-order chi connectivity index (χ0) is 22.8. The van der Waals surface area contributed by atoms with Crippen LogP contribution in [0.25, 0.3) is 0 Å². The summed E-state index contributed by atoms with van der Waals surface area (Å²) in [7, 11) is -1.30. The van der Waals surface area contributed by atoms with Crippen LogP contribution in [0.1, 0.15) is 21.9 Å². The monoisotopic (exact) mass is 486 g/mol. The average Bonchev–Trinajstić information content (AvgIpc) is 3.48. The van der Waals surface area contributed by atoms with Crippen LogP contribution in [0, 0.1) is 0 Å². The molecule has 7 nitrogen and oxygen atoms in total. The van der Waals surface area contributed by atoms with Gasteiger partial charge in [-0.15, -0.1) is 0 Å². The number of nitrogens with zero attached hydrogens (tertiary/aromatic N) is 2. The number of rotatable bonds is 6. The Kier molecular flexibility index (Phi) is 6.39. The van der Waals surface area contributed by atoms with Crippen molar-refractivity contribution in [2.24, 2.45) is 0 Å². The minimum absolute atomic E-state index is 0.141. The summed E-state index contributed by atoms with van der Waals surface area (Å²) in [4.78, 5) is 17.6. The van der Waals surface area contributed by atoms with Crippen LogP contribution in [-0.4, -0.2) is 52.9 Å². The second-order valence-corrected chi connectivity index (χ2v) is 9.86. The topological polar surface area (TPSA) is 72.2 Å². The summed E-state index contributed by atoms with van der Waals surface area (Å²) in [6.07, 6.45) is 0. The molecular weight excluding hydrogens is 464 g/mol. The van der Waals surface area contributed by atoms with E-state index in [0.717, 1.165) is 36.7 Å². The molecule has 0 N–H and O–H groups in total. The standard InChI is InChI=1S/C24H23ClN2O5S/c25-18-2-1-3-20(13-18)33(29)15-19-5-7-22(32-19)24(28)27-10-8-26(9-11-27)14-17-4-6-21-23(12-17)31-16-30-21/h1-7,12-13H,8-11,14-16H2/t33-/m0/s1. The Bertz CT molecular complexity index is 1190. The predicted molar refractivity (Wildman–Crippen MR) is 124 cm³/mol. The summed E-state index contributed by atoms with van der Waals surface area (Å²) < 4.78 is 29.1. The number of carbonyl (C=O) groups is 1. The van der Waals surface area contributed by atoms with E-state index in [2.05, 4.69) is 4.90 Å². The number of hydrogen-bond acceptors (Lipinski definition) is 6. The Morgan fingerprint density at radius 1 is 0.970 bits per heavy atom. The molecule has 1 saturated heterocycles. The van der Waals surface area contributed by atoms with Crippen LogP contribution in [0.15, 0.2) is 63.9 Å². The molecule has 0 spiro atoms. The summed E-state index contributed by atoms with van der Waals surface area (Å²) in [5, 5.41) is 0.536. The van der Waals surface area contributed by atoms with Crippen molar-refractivity contribution in [1.82, 2.24) is 9.80 Å². The van der Waals surface area contributed by atoms with Crippen molar-refractivity contribution in [3.8, 4) is 11.5 Å². The van der Waals surface area contributed by atoms with Crippen LogP contribution in [0.4, 0.5) is 0 Å². The van der Waals surface area contributed by atoms with Gasteiger partial charge in [0.05, 0.1) is 16.6 Å². The fourth-order valence-corrected chi connectivity index (χ4v) is 5.28. The second-order valence-electron chi connectivity index (χ2n) is 7.97. The van der Waals surface area contributed by atoms with Gasteiger partial charge in [0, 0.05) is 42.6 Å². The van der Waals surface area contributed by atoms with Gasteiger partial charge in [-0.2, -0.15) is 0 Å². The van der Waals surface area contributed by atoms with Crippen LogP contribution in [0.3, 0.4) is 0 Å². The average molecular weight is 487 g/mol. The first-order valence-corrected chi connectivity index (χ1v) is 12.4. The van der Waals surface area contributed by atoms with E-state index >= 15 is 0 Å². The smallest absolute Gasteiger partial charge is 0.289 e. The molecule has 0 bridgehead atoms. The van der Waals surface area contributed by atoms with Gasteiger partial charge in [0.15, 0.2) is 17.3 Å². The highest BCUT2D eigenvalue weighted by Gasteiger charge is 2.25. The maximum absolute atomic E-state index is 12.9. The quantitative estimate of drug-likeness (QED) is 0.525. The summed E-state index contributed by atoms with van der Waals surface area (Å²) >= 11 is 5.98. The molecule has 0 aliphatic carbocycles. The third-order valence-electron chi connectivity index (χ3n) is 5.71. The molecule has 172 valence electrons. The molecule has 2 aromatic carbocycles. The zero-order valence-electron chi connectivity index (χ0n) is 17.9. The largest absolute Gasteiger partial charge is 0.455 e. The van der Waals surface area contributed by atoms with E-state index < -0.39 is 10.8 Å². The van der Waals surface area contributed by atoms with Crippen LogP contribution >= 0.6 is 11.6 Å². The van der Waals surface area contributed by atoms with Crippen molar-refractivity contribution >= 4 is 28.3 Å². The molecule has 2 aliphatic heterocycles. The Morgan fingerprint density at radius 2 is 1.79 bits per heavy atom. The maximum atomic E-state index is 12.9. The molecular formula is C24H23ClN2O5S. The van der Waals surface area contributed by atoms with Crippen LogP contribution in [0.5, 0.6) is 11.5 Å². The van der Waals surface area contributed by atoms with E-state index in [1.807, 2.05) is 18.2 Å². The van der Waals surface area contributed by atoms with E-state index in [0.29, 0.717) is 28.8 Å². The Labute approximate surface area is 199 Å². The van der Waals surface area contributed by atoms with Gasteiger partial charge in [0.25, 0.3) is 5.91 Å². The van der Waals surface area contributed by atoms with E-state index in [-0.39, 0.29) is 24.2 Å². The number of fused-ring (bicyclic) bond motifs is 1. The molecule has 1 amide bonds. The number of carbonyl (C=O) groups excluding carboxylic acids is 1. The van der Waals surface area contributed by atoms with Crippen LogP contribution in [-0.2, 0) is 23.1 Å². The number of benzene rings is 2. The lowest BCUT2D eigenvalue weighted by Crippen LogP contribution is -2.48. The molecule has 2 aliphatic rings. The van der Waals surface area contributed by atoms with E-state index in [1.165, 1.54) is 0 Å². The zero-order valence-corrected chi connectivity index (χ0v) is 19.4. The summed E-state index contributed by atoms with van der Waals surface area (Å²) in [5.41, 5.74) is 1.16. The van der Waals surface area contributed by atoms with Crippen molar-refractivity contribution in [1.29, 1.82) is 0 Å². The fraction of sp³-hybridized carbons (Fsp3) is 0.292.